The van der Waals surface area contributed by atoms with E-state index < -0.39 is 17.8 Å². The summed E-state index contributed by atoms with van der Waals surface area (Å²) >= 11 is 0. The minimum Gasteiger partial charge on any atom is -0.494 e. The Morgan fingerprint density at radius 2 is 1.90 bits per heavy atom. The van der Waals surface area contributed by atoms with Crippen LogP contribution in [-0.4, -0.2) is 17.7 Å². The predicted octanol–water partition coefficient (Wildman–Crippen LogP) is 3.46. The summed E-state index contributed by atoms with van der Waals surface area (Å²) in [5, 5.41) is 12.0. The maximum Gasteiger partial charge on any atom is 0.330 e. The second kappa shape index (κ2) is 6.74. The number of carboxylic acid groups (broad SMARTS) is 1. The summed E-state index contributed by atoms with van der Waals surface area (Å²) in [6, 6.07) is 11.6. The highest BCUT2D eigenvalue weighted by Gasteiger charge is 2.20. The molecule has 0 aliphatic heterocycles. The number of halogens is 1. The van der Waals surface area contributed by atoms with Gasteiger partial charge in [0.15, 0.2) is 6.04 Å². The van der Waals surface area contributed by atoms with E-state index in [0.29, 0.717) is 17.9 Å². The normalized spacial score (nSPS) is 11.7. The highest BCUT2D eigenvalue weighted by atomic mass is 19.1. The van der Waals surface area contributed by atoms with E-state index in [2.05, 4.69) is 5.32 Å². The van der Waals surface area contributed by atoms with Gasteiger partial charge < -0.3 is 15.2 Å². The molecule has 1 atom stereocenters. The Labute approximate surface area is 122 Å². The Balaban J connectivity index is 2.23. The molecule has 0 amide bonds. The lowest BCUT2D eigenvalue weighted by molar-refractivity contribution is -0.138. The molecule has 5 heteroatoms. The van der Waals surface area contributed by atoms with Gasteiger partial charge in [-0.1, -0.05) is 24.3 Å². The number of ether oxygens (including phenoxy) is 1. The second-order valence-electron chi connectivity index (χ2n) is 4.40. The van der Waals surface area contributed by atoms with Crippen LogP contribution in [0.15, 0.2) is 48.5 Å². The Kier molecular flexibility index (Phi) is 4.77. The summed E-state index contributed by atoms with van der Waals surface area (Å²) in [4.78, 5) is 11.4. The zero-order valence-electron chi connectivity index (χ0n) is 11.5. The molecule has 0 aliphatic rings. The quantitative estimate of drug-likeness (QED) is 0.855. The van der Waals surface area contributed by atoms with Crippen LogP contribution in [-0.2, 0) is 4.79 Å². The fourth-order valence-corrected chi connectivity index (χ4v) is 1.94. The summed E-state index contributed by atoms with van der Waals surface area (Å²) in [6.07, 6.45) is 0. The van der Waals surface area contributed by atoms with Crippen molar-refractivity contribution in [2.24, 2.45) is 0 Å². The average molecular weight is 289 g/mol. The van der Waals surface area contributed by atoms with E-state index in [9.17, 15) is 14.3 Å². The monoisotopic (exact) mass is 289 g/mol. The van der Waals surface area contributed by atoms with Crippen molar-refractivity contribution in [3.63, 3.8) is 0 Å². The molecule has 2 N–H and O–H groups in total. The number of anilines is 1. The maximum atomic E-state index is 13.6. The van der Waals surface area contributed by atoms with Gasteiger partial charge in [-0.15, -0.1) is 0 Å². The van der Waals surface area contributed by atoms with E-state index in [1.165, 1.54) is 12.1 Å². The van der Waals surface area contributed by atoms with Crippen LogP contribution in [0.1, 0.15) is 18.5 Å². The van der Waals surface area contributed by atoms with Crippen molar-refractivity contribution in [1.82, 2.24) is 0 Å². The van der Waals surface area contributed by atoms with Gasteiger partial charge in [0, 0.05) is 0 Å². The molecular formula is C16H16FNO3. The molecule has 0 spiro atoms. The van der Waals surface area contributed by atoms with Crippen LogP contribution in [0.4, 0.5) is 10.1 Å². The van der Waals surface area contributed by atoms with Crippen molar-refractivity contribution in [2.45, 2.75) is 13.0 Å². The lowest BCUT2D eigenvalue weighted by Gasteiger charge is -2.17. The van der Waals surface area contributed by atoms with E-state index in [4.69, 9.17) is 4.74 Å². The molecule has 0 saturated carbocycles. The lowest BCUT2D eigenvalue weighted by atomic mass is 10.1. The van der Waals surface area contributed by atoms with Crippen LogP contribution in [0.3, 0.4) is 0 Å². The molecule has 4 nitrogen and oxygen atoms in total. The number of hydrogen-bond acceptors (Lipinski definition) is 3. The summed E-state index contributed by atoms with van der Waals surface area (Å²) < 4.78 is 18.9. The molecular weight excluding hydrogens is 273 g/mol. The summed E-state index contributed by atoms with van der Waals surface area (Å²) in [6.45, 7) is 2.41. The third kappa shape index (κ3) is 3.72. The van der Waals surface area contributed by atoms with Gasteiger partial charge in [-0.05, 0) is 36.8 Å². The van der Waals surface area contributed by atoms with Gasteiger partial charge in [0.1, 0.15) is 11.6 Å². The van der Waals surface area contributed by atoms with Crippen molar-refractivity contribution < 1.29 is 19.0 Å². The predicted molar refractivity (Wildman–Crippen MR) is 78.0 cm³/mol. The van der Waals surface area contributed by atoms with Crippen molar-refractivity contribution in [1.29, 1.82) is 0 Å². The molecule has 21 heavy (non-hydrogen) atoms. The van der Waals surface area contributed by atoms with Gasteiger partial charge in [-0.3, -0.25) is 0 Å². The molecule has 0 aliphatic carbocycles. The SMILES string of the molecule is CCOc1ccc(C(Nc2ccccc2F)C(=O)O)cc1. The highest BCUT2D eigenvalue weighted by Crippen LogP contribution is 2.24. The molecule has 0 bridgehead atoms. The fraction of sp³-hybridized carbons (Fsp3) is 0.188. The number of carboxylic acids is 1. The number of nitrogens with one attached hydrogen (secondary N) is 1. The molecule has 0 fully saturated rings. The van der Waals surface area contributed by atoms with E-state index in [1.54, 1.807) is 36.4 Å². The number of benzene rings is 2. The van der Waals surface area contributed by atoms with Crippen LogP contribution in [0.2, 0.25) is 0 Å². The molecule has 0 aromatic heterocycles. The molecule has 0 saturated heterocycles. The van der Waals surface area contributed by atoms with Gasteiger partial charge in [-0.25, -0.2) is 9.18 Å². The minimum atomic E-state index is -1.08. The maximum absolute atomic E-state index is 13.6. The van der Waals surface area contributed by atoms with Crippen LogP contribution >= 0.6 is 0 Å². The van der Waals surface area contributed by atoms with Gasteiger partial charge in [0.2, 0.25) is 0 Å². The molecule has 110 valence electrons. The van der Waals surface area contributed by atoms with Gasteiger partial charge in [0.25, 0.3) is 0 Å². The number of aliphatic carboxylic acids is 1. The largest absolute Gasteiger partial charge is 0.494 e. The summed E-state index contributed by atoms with van der Waals surface area (Å²) in [5.74, 6) is -0.909. The molecule has 2 rings (SSSR count). The smallest absolute Gasteiger partial charge is 0.330 e. The standard InChI is InChI=1S/C16H16FNO3/c1-2-21-12-9-7-11(8-10-12)15(16(19)20)18-14-6-4-3-5-13(14)17/h3-10,15,18H,2H2,1H3,(H,19,20). The van der Waals surface area contributed by atoms with Crippen LogP contribution < -0.4 is 10.1 Å². The van der Waals surface area contributed by atoms with Crippen LogP contribution in [0, 0.1) is 5.82 Å². The molecule has 1 unspecified atom stereocenters. The van der Waals surface area contributed by atoms with Crippen molar-refractivity contribution in [3.05, 3.63) is 59.9 Å². The molecule has 0 heterocycles. The topological polar surface area (TPSA) is 58.6 Å². The average Bonchev–Trinajstić information content (AvgIpc) is 2.47. The van der Waals surface area contributed by atoms with E-state index in [-0.39, 0.29) is 5.69 Å². The fourth-order valence-electron chi connectivity index (χ4n) is 1.94. The number of carbonyl (C=O) groups is 1. The number of rotatable bonds is 6. The third-order valence-electron chi connectivity index (χ3n) is 2.95. The highest BCUT2D eigenvalue weighted by molar-refractivity contribution is 5.79. The van der Waals surface area contributed by atoms with Gasteiger partial charge in [-0.2, -0.15) is 0 Å². The minimum absolute atomic E-state index is 0.152. The van der Waals surface area contributed by atoms with E-state index >= 15 is 0 Å². The molecule has 0 radical (unpaired) electrons. The Hall–Kier alpha value is -2.56. The molecule has 2 aromatic rings. The Morgan fingerprint density at radius 3 is 2.48 bits per heavy atom. The number of para-hydroxylation sites is 1. The second-order valence-corrected chi connectivity index (χ2v) is 4.40. The summed E-state index contributed by atoms with van der Waals surface area (Å²) in [7, 11) is 0. The Bertz CT molecular complexity index is 613. The lowest BCUT2D eigenvalue weighted by Crippen LogP contribution is -2.21. The summed E-state index contributed by atoms with van der Waals surface area (Å²) in [5.41, 5.74) is 0.674. The Morgan fingerprint density at radius 1 is 1.24 bits per heavy atom. The first-order valence-corrected chi connectivity index (χ1v) is 6.58. The van der Waals surface area contributed by atoms with E-state index in [0.717, 1.165) is 0 Å². The van der Waals surface area contributed by atoms with Crippen LogP contribution in [0.25, 0.3) is 0 Å². The first-order valence-electron chi connectivity index (χ1n) is 6.58. The van der Waals surface area contributed by atoms with Crippen LogP contribution in [0.5, 0.6) is 5.75 Å². The first-order chi connectivity index (χ1) is 10.1. The third-order valence-corrected chi connectivity index (χ3v) is 2.95. The van der Waals surface area contributed by atoms with Crippen molar-refractivity contribution in [3.8, 4) is 5.75 Å². The van der Waals surface area contributed by atoms with E-state index in [1.807, 2.05) is 6.92 Å². The number of hydrogen-bond donors (Lipinski definition) is 2. The van der Waals surface area contributed by atoms with Crippen molar-refractivity contribution in [2.75, 3.05) is 11.9 Å². The van der Waals surface area contributed by atoms with Gasteiger partial charge >= 0.3 is 5.97 Å². The van der Waals surface area contributed by atoms with Gasteiger partial charge in [0.05, 0.1) is 12.3 Å². The zero-order chi connectivity index (χ0) is 15.2. The molecule has 2 aromatic carbocycles. The zero-order valence-corrected chi connectivity index (χ0v) is 11.5. The first kappa shape index (κ1) is 14.8. The van der Waals surface area contributed by atoms with Crippen molar-refractivity contribution >= 4 is 11.7 Å².